The second kappa shape index (κ2) is 5.03. The van der Waals surface area contributed by atoms with E-state index in [0.29, 0.717) is 0 Å². The zero-order chi connectivity index (χ0) is 12.3. The molecule has 0 aliphatic carbocycles. The van der Waals surface area contributed by atoms with Crippen molar-refractivity contribution in [3.63, 3.8) is 0 Å². The number of hydrogen-bond donors (Lipinski definition) is 1. The Bertz CT molecular complexity index is 548. The van der Waals surface area contributed by atoms with Gasteiger partial charge in [0.25, 0.3) is 5.91 Å². The lowest BCUT2D eigenvalue weighted by Gasteiger charge is -2.03. The van der Waals surface area contributed by atoms with Gasteiger partial charge in [0, 0.05) is 0 Å². The van der Waals surface area contributed by atoms with Crippen LogP contribution in [-0.4, -0.2) is 26.1 Å². The summed E-state index contributed by atoms with van der Waals surface area (Å²) in [6.07, 6.45) is 2.79. The maximum atomic E-state index is 11.8. The third-order valence-corrected chi connectivity index (χ3v) is 2.25. The van der Waals surface area contributed by atoms with Crippen LogP contribution >= 0.6 is 23.2 Å². The largest absolute Gasteiger partial charge is 0.288 e. The number of hydrogen-bond acceptors (Lipinski definition) is 5. The molecule has 0 radical (unpaired) electrons. The van der Waals surface area contributed by atoms with Crippen molar-refractivity contribution in [2.75, 3.05) is 5.32 Å². The minimum absolute atomic E-state index is 0.00613. The van der Waals surface area contributed by atoms with E-state index in [1.807, 2.05) is 0 Å². The maximum absolute atomic E-state index is 11.8. The highest BCUT2D eigenvalue weighted by molar-refractivity contribution is 6.35. The molecule has 0 aliphatic heterocycles. The number of halogens is 2. The van der Waals surface area contributed by atoms with Gasteiger partial charge in [0.1, 0.15) is 10.8 Å². The van der Waals surface area contributed by atoms with E-state index in [4.69, 9.17) is 23.2 Å². The summed E-state index contributed by atoms with van der Waals surface area (Å²) in [6, 6.07) is 2.97. The van der Waals surface area contributed by atoms with Crippen molar-refractivity contribution in [1.29, 1.82) is 0 Å². The van der Waals surface area contributed by atoms with Crippen molar-refractivity contribution in [1.82, 2.24) is 20.2 Å². The Morgan fingerprint density at radius 1 is 1.24 bits per heavy atom. The van der Waals surface area contributed by atoms with E-state index in [1.54, 1.807) is 0 Å². The van der Waals surface area contributed by atoms with Crippen LogP contribution in [0, 0.1) is 0 Å². The molecular weight excluding hydrogens is 265 g/mol. The molecule has 0 bridgehead atoms. The van der Waals surface area contributed by atoms with Gasteiger partial charge in [0.15, 0.2) is 0 Å². The van der Waals surface area contributed by atoms with E-state index in [9.17, 15) is 4.79 Å². The fraction of sp³-hybridized carbons (Fsp3) is 0. The first-order valence-electron chi connectivity index (χ1n) is 4.44. The van der Waals surface area contributed by atoms with Crippen molar-refractivity contribution in [3.05, 3.63) is 40.4 Å². The van der Waals surface area contributed by atoms with Crippen LogP contribution in [0.3, 0.4) is 0 Å². The quantitative estimate of drug-likeness (QED) is 0.842. The number of amides is 1. The van der Waals surface area contributed by atoms with Gasteiger partial charge >= 0.3 is 0 Å². The van der Waals surface area contributed by atoms with Crippen molar-refractivity contribution in [2.45, 2.75) is 0 Å². The molecular formula is C9H5Cl2N5O. The van der Waals surface area contributed by atoms with Crippen LogP contribution in [0.15, 0.2) is 24.5 Å². The number of carbonyl (C=O) groups is 1. The summed E-state index contributed by atoms with van der Waals surface area (Å²) < 4.78 is 0. The Labute approximate surface area is 106 Å². The first-order valence-corrected chi connectivity index (χ1v) is 5.19. The summed E-state index contributed by atoms with van der Waals surface area (Å²) in [5, 5.41) is 9.92. The van der Waals surface area contributed by atoms with E-state index in [2.05, 4.69) is 25.5 Å². The fourth-order valence-electron chi connectivity index (χ4n) is 1.04. The lowest BCUT2D eigenvalue weighted by Crippen LogP contribution is -2.16. The second-order valence-electron chi connectivity index (χ2n) is 2.88. The van der Waals surface area contributed by atoms with Crippen LogP contribution in [-0.2, 0) is 0 Å². The van der Waals surface area contributed by atoms with Crippen LogP contribution in [0.1, 0.15) is 10.5 Å². The number of nitrogens with zero attached hydrogens (tertiary/aromatic N) is 4. The molecule has 0 saturated carbocycles. The monoisotopic (exact) mass is 269 g/mol. The van der Waals surface area contributed by atoms with Gasteiger partial charge < -0.3 is 0 Å². The molecule has 8 heteroatoms. The molecule has 6 nitrogen and oxygen atoms in total. The SMILES string of the molecule is O=C(Nc1nccnn1)c1nc(Cl)ccc1Cl. The lowest BCUT2D eigenvalue weighted by molar-refractivity contribution is 0.102. The van der Waals surface area contributed by atoms with Gasteiger partial charge in [-0.15, -0.1) is 5.10 Å². The van der Waals surface area contributed by atoms with Crippen molar-refractivity contribution in [3.8, 4) is 0 Å². The van der Waals surface area contributed by atoms with Crippen LogP contribution in [0.4, 0.5) is 5.95 Å². The third kappa shape index (κ3) is 2.86. The van der Waals surface area contributed by atoms with Gasteiger partial charge in [0.05, 0.1) is 17.4 Å². The predicted molar refractivity (Wildman–Crippen MR) is 62.0 cm³/mol. The molecule has 1 N–H and O–H groups in total. The van der Waals surface area contributed by atoms with Gasteiger partial charge in [0.2, 0.25) is 5.95 Å². The van der Waals surface area contributed by atoms with Crippen LogP contribution in [0.5, 0.6) is 0 Å². The molecule has 0 aromatic carbocycles. The normalized spacial score (nSPS) is 10.0. The molecule has 2 rings (SSSR count). The van der Waals surface area contributed by atoms with Gasteiger partial charge in [-0.3, -0.25) is 10.1 Å². The zero-order valence-electron chi connectivity index (χ0n) is 8.26. The number of pyridine rings is 1. The lowest BCUT2D eigenvalue weighted by atomic mass is 10.3. The fourth-order valence-corrected chi connectivity index (χ4v) is 1.38. The molecule has 2 aromatic rings. The summed E-state index contributed by atoms with van der Waals surface area (Å²) in [5.41, 5.74) is 0.00613. The average molecular weight is 270 g/mol. The minimum Gasteiger partial charge on any atom is -0.288 e. The van der Waals surface area contributed by atoms with Gasteiger partial charge in [-0.25, -0.2) is 9.97 Å². The first-order chi connectivity index (χ1) is 8.16. The molecule has 0 fully saturated rings. The highest BCUT2D eigenvalue weighted by Crippen LogP contribution is 2.17. The van der Waals surface area contributed by atoms with E-state index >= 15 is 0 Å². The number of aromatic nitrogens is 4. The van der Waals surface area contributed by atoms with Gasteiger partial charge in [-0.05, 0) is 12.1 Å². The molecule has 86 valence electrons. The Morgan fingerprint density at radius 3 is 2.76 bits per heavy atom. The van der Waals surface area contributed by atoms with Crippen LogP contribution in [0.25, 0.3) is 0 Å². The van der Waals surface area contributed by atoms with E-state index in [0.717, 1.165) is 0 Å². The Kier molecular flexibility index (Phi) is 3.46. The Balaban J connectivity index is 2.23. The summed E-state index contributed by atoms with van der Waals surface area (Å²) in [6.45, 7) is 0. The van der Waals surface area contributed by atoms with Crippen molar-refractivity contribution in [2.24, 2.45) is 0 Å². The van der Waals surface area contributed by atoms with Crippen LogP contribution in [0.2, 0.25) is 10.2 Å². The van der Waals surface area contributed by atoms with Gasteiger partial charge in [-0.1, -0.05) is 23.2 Å². The first kappa shape index (κ1) is 11.7. The smallest absolute Gasteiger partial charge is 0.278 e. The number of anilines is 1. The molecule has 1 amide bonds. The predicted octanol–water partition coefficient (Wildman–Crippen LogP) is 1.83. The maximum Gasteiger partial charge on any atom is 0.278 e. The topological polar surface area (TPSA) is 80.7 Å². The number of rotatable bonds is 2. The Hall–Kier alpha value is -1.79. The summed E-state index contributed by atoms with van der Waals surface area (Å²) >= 11 is 11.5. The van der Waals surface area contributed by atoms with E-state index in [-0.39, 0.29) is 21.8 Å². The molecule has 17 heavy (non-hydrogen) atoms. The standard InChI is InChI=1S/C9H5Cl2N5O/c10-5-1-2-6(11)14-7(5)8(17)15-9-12-3-4-13-16-9/h1-4H,(H,12,15,16,17). The van der Waals surface area contributed by atoms with E-state index < -0.39 is 5.91 Å². The van der Waals surface area contributed by atoms with Crippen molar-refractivity contribution >= 4 is 35.1 Å². The van der Waals surface area contributed by atoms with E-state index in [1.165, 1.54) is 24.5 Å². The summed E-state index contributed by atoms with van der Waals surface area (Å²) in [7, 11) is 0. The molecule has 0 aliphatic rings. The third-order valence-electron chi connectivity index (χ3n) is 1.74. The van der Waals surface area contributed by atoms with Crippen molar-refractivity contribution < 1.29 is 4.79 Å². The molecule has 2 heterocycles. The number of carbonyl (C=O) groups excluding carboxylic acids is 1. The minimum atomic E-state index is -0.550. The molecule has 0 atom stereocenters. The average Bonchev–Trinajstić information content (AvgIpc) is 2.33. The molecule has 0 saturated heterocycles. The van der Waals surface area contributed by atoms with Crippen LogP contribution < -0.4 is 5.32 Å². The molecule has 2 aromatic heterocycles. The Morgan fingerprint density at radius 2 is 2.06 bits per heavy atom. The summed E-state index contributed by atoms with van der Waals surface area (Å²) in [4.78, 5) is 19.4. The van der Waals surface area contributed by atoms with Gasteiger partial charge in [-0.2, -0.15) is 5.10 Å². The molecule has 0 spiro atoms. The molecule has 0 unspecified atom stereocenters. The zero-order valence-corrected chi connectivity index (χ0v) is 9.77. The second-order valence-corrected chi connectivity index (χ2v) is 3.68. The highest BCUT2D eigenvalue weighted by atomic mass is 35.5. The summed E-state index contributed by atoms with van der Waals surface area (Å²) in [5.74, 6) is -0.485. The highest BCUT2D eigenvalue weighted by Gasteiger charge is 2.14. The number of nitrogens with one attached hydrogen (secondary N) is 1.